The van der Waals surface area contributed by atoms with Gasteiger partial charge in [-0.2, -0.15) is 18.2 Å². The topological polar surface area (TPSA) is 61.2 Å². The van der Waals surface area contributed by atoms with E-state index in [1.807, 2.05) is 20.8 Å². The zero-order valence-electron chi connectivity index (χ0n) is 15.0. The summed E-state index contributed by atoms with van der Waals surface area (Å²) in [5, 5.41) is 5.04. The molecule has 2 aromatic carbocycles. The Labute approximate surface area is 162 Å². The van der Waals surface area contributed by atoms with Gasteiger partial charge in [0, 0.05) is 16.5 Å². The molecule has 0 bridgehead atoms. The van der Waals surface area contributed by atoms with Gasteiger partial charge in [0.25, 0.3) is 0 Å². The van der Waals surface area contributed by atoms with Gasteiger partial charge in [-0.05, 0) is 48.5 Å². The monoisotopic (exact) mass is 408 g/mol. The van der Waals surface area contributed by atoms with E-state index in [0.29, 0.717) is 16.4 Å². The Bertz CT molecular complexity index is 1050. The zero-order chi connectivity index (χ0) is 19.8. The first-order chi connectivity index (χ1) is 12.6. The van der Waals surface area contributed by atoms with Gasteiger partial charge in [-0.25, -0.2) is 4.39 Å². The van der Waals surface area contributed by atoms with Crippen molar-refractivity contribution in [3.8, 4) is 11.6 Å². The third kappa shape index (κ3) is 4.31. The summed E-state index contributed by atoms with van der Waals surface area (Å²) >= 11 is 5.93. The second-order valence-electron chi connectivity index (χ2n) is 7.00. The SMILES string of the molecule is CC(C)(C)c1cc(OS(=O)(=O)c2ccc(F)cc2)n(-c2ccc(Cl)cc2)n1. The lowest BCUT2D eigenvalue weighted by molar-refractivity contribution is 0.464. The molecule has 0 spiro atoms. The Hall–Kier alpha value is -2.38. The largest absolute Gasteiger partial charge is 0.358 e. The zero-order valence-corrected chi connectivity index (χ0v) is 16.6. The molecule has 0 saturated heterocycles. The lowest BCUT2D eigenvalue weighted by atomic mass is 9.93. The van der Waals surface area contributed by atoms with Crippen molar-refractivity contribution in [1.29, 1.82) is 0 Å². The van der Waals surface area contributed by atoms with E-state index in [1.54, 1.807) is 30.3 Å². The maximum atomic E-state index is 13.1. The fourth-order valence-electron chi connectivity index (χ4n) is 2.32. The highest BCUT2D eigenvalue weighted by Gasteiger charge is 2.25. The fraction of sp³-hybridized carbons (Fsp3) is 0.211. The molecule has 0 aliphatic heterocycles. The Kier molecular flexibility index (Phi) is 5.01. The molecule has 1 heterocycles. The van der Waals surface area contributed by atoms with Gasteiger partial charge in [0.1, 0.15) is 10.7 Å². The summed E-state index contributed by atoms with van der Waals surface area (Å²) in [6, 6.07) is 12.8. The van der Waals surface area contributed by atoms with Crippen molar-refractivity contribution < 1.29 is 17.0 Å². The minimum absolute atomic E-state index is 0.0339. The Morgan fingerprint density at radius 3 is 2.19 bits per heavy atom. The van der Waals surface area contributed by atoms with Crippen molar-refractivity contribution >= 4 is 21.7 Å². The molecular weight excluding hydrogens is 391 g/mol. The van der Waals surface area contributed by atoms with Gasteiger partial charge in [0.05, 0.1) is 11.4 Å². The number of hydrogen-bond donors (Lipinski definition) is 0. The van der Waals surface area contributed by atoms with Gasteiger partial charge in [0.2, 0.25) is 5.88 Å². The first-order valence-electron chi connectivity index (χ1n) is 8.13. The summed E-state index contributed by atoms with van der Waals surface area (Å²) in [5.41, 5.74) is 0.927. The van der Waals surface area contributed by atoms with Crippen LogP contribution in [-0.2, 0) is 15.5 Å². The van der Waals surface area contributed by atoms with Crippen molar-refractivity contribution in [2.75, 3.05) is 0 Å². The Balaban J connectivity index is 2.07. The van der Waals surface area contributed by atoms with Crippen LogP contribution >= 0.6 is 11.6 Å². The van der Waals surface area contributed by atoms with Crippen molar-refractivity contribution in [1.82, 2.24) is 9.78 Å². The van der Waals surface area contributed by atoms with Crippen molar-refractivity contribution in [2.24, 2.45) is 0 Å². The summed E-state index contributed by atoms with van der Waals surface area (Å²) in [7, 11) is -4.15. The molecule has 0 aliphatic carbocycles. The highest BCUT2D eigenvalue weighted by Crippen LogP contribution is 2.30. The van der Waals surface area contributed by atoms with Crippen LogP contribution < -0.4 is 4.18 Å². The third-order valence-electron chi connectivity index (χ3n) is 3.81. The smallest absolute Gasteiger partial charge is 0.340 e. The van der Waals surface area contributed by atoms with E-state index in [1.165, 1.54) is 4.68 Å². The van der Waals surface area contributed by atoms with E-state index in [4.69, 9.17) is 15.8 Å². The standard InChI is InChI=1S/C19H18ClFN2O3S/c1-19(2,3)17-12-18(23(22-17)15-8-4-13(20)5-9-15)26-27(24,25)16-10-6-14(21)7-11-16/h4-12H,1-3H3. The predicted molar refractivity (Wildman–Crippen MR) is 101 cm³/mol. The molecule has 8 heteroatoms. The van der Waals surface area contributed by atoms with Crippen LogP contribution in [0.2, 0.25) is 5.02 Å². The second-order valence-corrected chi connectivity index (χ2v) is 8.98. The van der Waals surface area contributed by atoms with Crippen LogP contribution in [0.25, 0.3) is 5.69 Å². The van der Waals surface area contributed by atoms with Gasteiger partial charge in [-0.1, -0.05) is 32.4 Å². The number of nitrogens with zero attached hydrogens (tertiary/aromatic N) is 2. The van der Waals surface area contributed by atoms with Crippen molar-refractivity contribution in [3.05, 3.63) is 71.1 Å². The number of benzene rings is 2. The molecule has 0 saturated carbocycles. The Morgan fingerprint density at radius 2 is 1.63 bits per heavy atom. The molecule has 142 valence electrons. The quantitative estimate of drug-likeness (QED) is 0.585. The van der Waals surface area contributed by atoms with Crippen molar-refractivity contribution in [3.63, 3.8) is 0 Å². The summed E-state index contributed by atoms with van der Waals surface area (Å²) in [5.74, 6) is -0.498. The molecular formula is C19H18ClFN2O3S. The first-order valence-corrected chi connectivity index (χ1v) is 9.91. The van der Waals surface area contributed by atoms with E-state index in [2.05, 4.69) is 5.10 Å². The van der Waals surface area contributed by atoms with Crippen LogP contribution in [0.3, 0.4) is 0 Å². The van der Waals surface area contributed by atoms with Crippen LogP contribution in [0.4, 0.5) is 4.39 Å². The van der Waals surface area contributed by atoms with Crippen LogP contribution in [-0.4, -0.2) is 18.2 Å². The van der Waals surface area contributed by atoms with Crippen molar-refractivity contribution in [2.45, 2.75) is 31.1 Å². The minimum Gasteiger partial charge on any atom is -0.358 e. The number of rotatable bonds is 4. The molecule has 0 amide bonds. The van der Waals surface area contributed by atoms with Gasteiger partial charge in [0.15, 0.2) is 0 Å². The summed E-state index contributed by atoms with van der Waals surface area (Å²) in [6.07, 6.45) is 0. The lowest BCUT2D eigenvalue weighted by Gasteiger charge is -2.13. The summed E-state index contributed by atoms with van der Waals surface area (Å²) in [4.78, 5) is -0.148. The number of aromatic nitrogens is 2. The highest BCUT2D eigenvalue weighted by molar-refractivity contribution is 7.87. The fourth-order valence-corrected chi connectivity index (χ4v) is 3.35. The highest BCUT2D eigenvalue weighted by atomic mass is 35.5. The number of halogens is 2. The average Bonchev–Trinajstić information content (AvgIpc) is 2.99. The normalized spacial score (nSPS) is 12.2. The van der Waals surface area contributed by atoms with E-state index in [-0.39, 0.29) is 16.2 Å². The van der Waals surface area contributed by atoms with Crippen LogP contribution in [0.5, 0.6) is 5.88 Å². The van der Waals surface area contributed by atoms with E-state index < -0.39 is 15.9 Å². The first kappa shape index (κ1) is 19.4. The molecule has 3 aromatic rings. The maximum absolute atomic E-state index is 13.1. The molecule has 0 N–H and O–H groups in total. The molecule has 0 radical (unpaired) electrons. The van der Waals surface area contributed by atoms with E-state index >= 15 is 0 Å². The van der Waals surface area contributed by atoms with Gasteiger partial charge >= 0.3 is 10.1 Å². The predicted octanol–water partition coefficient (Wildman–Crippen LogP) is 4.73. The van der Waals surface area contributed by atoms with E-state index in [9.17, 15) is 12.8 Å². The average molecular weight is 409 g/mol. The summed E-state index contributed by atoms with van der Waals surface area (Å²) < 4.78 is 45.0. The second kappa shape index (κ2) is 6.98. The molecule has 5 nitrogen and oxygen atoms in total. The molecule has 1 aromatic heterocycles. The number of hydrogen-bond acceptors (Lipinski definition) is 4. The summed E-state index contributed by atoms with van der Waals surface area (Å²) in [6.45, 7) is 5.87. The molecule has 3 rings (SSSR count). The Morgan fingerprint density at radius 1 is 1.04 bits per heavy atom. The lowest BCUT2D eigenvalue weighted by Crippen LogP contribution is -2.13. The van der Waals surface area contributed by atoms with Gasteiger partial charge in [-0.15, -0.1) is 0 Å². The van der Waals surface area contributed by atoms with Crippen LogP contribution in [0.1, 0.15) is 26.5 Å². The third-order valence-corrected chi connectivity index (χ3v) is 5.31. The van der Waals surface area contributed by atoms with E-state index in [0.717, 1.165) is 24.3 Å². The maximum Gasteiger partial charge on any atom is 0.340 e. The molecule has 27 heavy (non-hydrogen) atoms. The van der Waals surface area contributed by atoms with Gasteiger partial charge in [-0.3, -0.25) is 0 Å². The molecule has 0 unspecified atom stereocenters. The van der Waals surface area contributed by atoms with Crippen LogP contribution in [0, 0.1) is 5.82 Å². The molecule has 0 aliphatic rings. The molecule has 0 fully saturated rings. The minimum atomic E-state index is -4.15. The van der Waals surface area contributed by atoms with Crippen LogP contribution in [0.15, 0.2) is 59.5 Å². The van der Waals surface area contributed by atoms with Gasteiger partial charge < -0.3 is 4.18 Å². The molecule has 0 atom stereocenters.